The van der Waals surface area contributed by atoms with Gasteiger partial charge in [-0.25, -0.2) is 4.79 Å². The van der Waals surface area contributed by atoms with Crippen molar-refractivity contribution < 1.29 is 14.6 Å². The van der Waals surface area contributed by atoms with E-state index < -0.39 is 5.60 Å². The molecular weight excluding hydrogens is 278 g/mol. The van der Waals surface area contributed by atoms with Crippen LogP contribution in [0.4, 0.5) is 4.79 Å². The van der Waals surface area contributed by atoms with Gasteiger partial charge in [-0.15, -0.1) is 0 Å². The van der Waals surface area contributed by atoms with Crippen molar-refractivity contribution in [2.75, 3.05) is 13.2 Å². The summed E-state index contributed by atoms with van der Waals surface area (Å²) in [6.07, 6.45) is 3.36. The maximum Gasteiger partial charge on any atom is 0.410 e. The Kier molecular flexibility index (Phi) is 5.46. The lowest BCUT2D eigenvalue weighted by Gasteiger charge is -2.36. The predicted molar refractivity (Wildman–Crippen MR) is 86.8 cm³/mol. The van der Waals surface area contributed by atoms with E-state index in [0.29, 0.717) is 13.0 Å². The van der Waals surface area contributed by atoms with Crippen LogP contribution >= 0.6 is 0 Å². The first-order chi connectivity index (χ1) is 10.4. The molecule has 0 heterocycles. The molecule has 1 amide bonds. The Balaban J connectivity index is 2.24. The topological polar surface area (TPSA) is 49.8 Å². The van der Waals surface area contributed by atoms with Crippen molar-refractivity contribution in [1.82, 2.24) is 4.90 Å². The Bertz CT molecular complexity index is 507. The number of rotatable bonds is 4. The molecule has 1 aliphatic carbocycles. The predicted octanol–water partition coefficient (Wildman–Crippen LogP) is 3.68. The van der Waals surface area contributed by atoms with Gasteiger partial charge in [0.1, 0.15) is 5.60 Å². The molecular formula is C18H27NO3. The van der Waals surface area contributed by atoms with Crippen LogP contribution < -0.4 is 0 Å². The summed E-state index contributed by atoms with van der Waals surface area (Å²) in [6, 6.07) is 8.37. The Morgan fingerprint density at radius 2 is 2.09 bits per heavy atom. The average Bonchev–Trinajstić information content (AvgIpc) is 2.46. The van der Waals surface area contributed by atoms with Gasteiger partial charge in [0.2, 0.25) is 0 Å². The number of aryl methyl sites for hydroxylation is 1. The molecule has 2 rings (SSSR count). The Hall–Kier alpha value is -1.55. The fourth-order valence-corrected chi connectivity index (χ4v) is 2.99. The van der Waals surface area contributed by atoms with E-state index in [2.05, 4.69) is 12.1 Å². The summed E-state index contributed by atoms with van der Waals surface area (Å²) in [6.45, 7) is 6.23. The first-order valence-corrected chi connectivity index (χ1v) is 8.10. The second kappa shape index (κ2) is 7.14. The summed E-state index contributed by atoms with van der Waals surface area (Å²) in [5, 5.41) is 9.14. The van der Waals surface area contributed by atoms with Crippen molar-refractivity contribution in [3.05, 3.63) is 35.4 Å². The standard InChI is InChI=1S/C18H27NO3/c1-18(2,3)22-17(21)19(12-7-13-20)16-11-6-9-14-8-4-5-10-15(14)16/h4-5,8,10,16,20H,6-7,9,11-13H2,1-3H3. The largest absolute Gasteiger partial charge is 0.444 e. The van der Waals surface area contributed by atoms with Gasteiger partial charge in [0, 0.05) is 13.2 Å². The Morgan fingerprint density at radius 3 is 2.77 bits per heavy atom. The van der Waals surface area contributed by atoms with Crippen LogP contribution in [0.5, 0.6) is 0 Å². The third-order valence-corrected chi connectivity index (χ3v) is 3.90. The molecule has 0 fully saturated rings. The van der Waals surface area contributed by atoms with Crippen LogP contribution in [-0.2, 0) is 11.2 Å². The fourth-order valence-electron chi connectivity index (χ4n) is 2.99. The second-order valence-corrected chi connectivity index (χ2v) is 6.86. The van der Waals surface area contributed by atoms with Crippen LogP contribution in [0.25, 0.3) is 0 Å². The molecule has 122 valence electrons. The lowest BCUT2D eigenvalue weighted by atomic mass is 9.87. The zero-order valence-electron chi connectivity index (χ0n) is 13.8. The van der Waals surface area contributed by atoms with Crippen molar-refractivity contribution in [2.45, 2.75) is 58.1 Å². The number of carbonyl (C=O) groups excluding carboxylic acids is 1. The van der Waals surface area contributed by atoms with Gasteiger partial charge in [0.05, 0.1) is 6.04 Å². The zero-order chi connectivity index (χ0) is 16.2. The van der Waals surface area contributed by atoms with Crippen LogP contribution in [0.1, 0.15) is 57.2 Å². The number of ether oxygens (including phenoxy) is 1. The van der Waals surface area contributed by atoms with Crippen molar-refractivity contribution in [2.24, 2.45) is 0 Å². The molecule has 4 heteroatoms. The summed E-state index contributed by atoms with van der Waals surface area (Å²) in [7, 11) is 0. The molecule has 1 aromatic rings. The quantitative estimate of drug-likeness (QED) is 0.923. The number of hydrogen-bond donors (Lipinski definition) is 1. The lowest BCUT2D eigenvalue weighted by Crippen LogP contribution is -2.41. The molecule has 1 aromatic carbocycles. The van der Waals surface area contributed by atoms with E-state index in [0.717, 1.165) is 19.3 Å². The van der Waals surface area contributed by atoms with Gasteiger partial charge in [-0.3, -0.25) is 0 Å². The monoisotopic (exact) mass is 305 g/mol. The molecule has 0 saturated carbocycles. The number of benzene rings is 1. The van der Waals surface area contributed by atoms with Gasteiger partial charge >= 0.3 is 6.09 Å². The summed E-state index contributed by atoms with van der Waals surface area (Å²) in [5.74, 6) is 0. The molecule has 1 aliphatic rings. The minimum absolute atomic E-state index is 0.0475. The highest BCUT2D eigenvalue weighted by Gasteiger charge is 2.31. The van der Waals surface area contributed by atoms with Gasteiger partial charge in [0.15, 0.2) is 0 Å². The summed E-state index contributed by atoms with van der Waals surface area (Å²) in [4.78, 5) is 14.4. The van der Waals surface area contributed by atoms with E-state index in [-0.39, 0.29) is 18.7 Å². The average molecular weight is 305 g/mol. The van der Waals surface area contributed by atoms with Crippen molar-refractivity contribution in [3.63, 3.8) is 0 Å². The third-order valence-electron chi connectivity index (χ3n) is 3.90. The summed E-state index contributed by atoms with van der Waals surface area (Å²) in [5.41, 5.74) is 2.02. The second-order valence-electron chi connectivity index (χ2n) is 6.86. The van der Waals surface area contributed by atoms with Crippen LogP contribution in [0.2, 0.25) is 0 Å². The lowest BCUT2D eigenvalue weighted by molar-refractivity contribution is 0.0128. The Labute approximate surface area is 133 Å². The molecule has 1 atom stereocenters. The number of nitrogens with zero attached hydrogens (tertiary/aromatic N) is 1. The van der Waals surface area contributed by atoms with E-state index >= 15 is 0 Å². The smallest absolute Gasteiger partial charge is 0.410 e. The zero-order valence-corrected chi connectivity index (χ0v) is 13.8. The maximum absolute atomic E-state index is 12.6. The number of carbonyl (C=O) groups is 1. The highest BCUT2D eigenvalue weighted by Crippen LogP contribution is 2.35. The van der Waals surface area contributed by atoms with Crippen molar-refractivity contribution in [3.8, 4) is 0 Å². The molecule has 0 aromatic heterocycles. The molecule has 1 N–H and O–H groups in total. The van der Waals surface area contributed by atoms with Gasteiger partial charge in [-0.05, 0) is 57.6 Å². The van der Waals surface area contributed by atoms with Gasteiger partial charge in [-0.2, -0.15) is 0 Å². The van der Waals surface area contributed by atoms with Crippen LogP contribution in [-0.4, -0.2) is 34.9 Å². The minimum atomic E-state index is -0.511. The fraction of sp³-hybridized carbons (Fsp3) is 0.611. The molecule has 4 nitrogen and oxygen atoms in total. The summed E-state index contributed by atoms with van der Waals surface area (Å²) < 4.78 is 5.57. The number of fused-ring (bicyclic) bond motifs is 1. The van der Waals surface area contributed by atoms with E-state index in [1.54, 1.807) is 4.90 Å². The van der Waals surface area contributed by atoms with Crippen molar-refractivity contribution in [1.29, 1.82) is 0 Å². The molecule has 0 aliphatic heterocycles. The molecule has 0 bridgehead atoms. The van der Waals surface area contributed by atoms with E-state index in [9.17, 15) is 4.79 Å². The third kappa shape index (κ3) is 4.23. The van der Waals surface area contributed by atoms with E-state index in [1.807, 2.05) is 32.9 Å². The van der Waals surface area contributed by atoms with Crippen LogP contribution in [0.15, 0.2) is 24.3 Å². The van der Waals surface area contributed by atoms with Gasteiger partial charge in [-0.1, -0.05) is 24.3 Å². The van der Waals surface area contributed by atoms with Crippen LogP contribution in [0.3, 0.4) is 0 Å². The van der Waals surface area contributed by atoms with Gasteiger partial charge < -0.3 is 14.7 Å². The van der Waals surface area contributed by atoms with E-state index in [1.165, 1.54) is 11.1 Å². The first-order valence-electron chi connectivity index (χ1n) is 8.10. The minimum Gasteiger partial charge on any atom is -0.444 e. The SMILES string of the molecule is CC(C)(C)OC(=O)N(CCCO)C1CCCc2ccccc21. The number of aliphatic hydroxyl groups is 1. The highest BCUT2D eigenvalue weighted by molar-refractivity contribution is 5.69. The molecule has 1 unspecified atom stereocenters. The van der Waals surface area contributed by atoms with E-state index in [4.69, 9.17) is 9.84 Å². The molecule has 0 spiro atoms. The normalized spacial score (nSPS) is 17.7. The number of amides is 1. The maximum atomic E-state index is 12.6. The van der Waals surface area contributed by atoms with Crippen molar-refractivity contribution >= 4 is 6.09 Å². The van der Waals surface area contributed by atoms with Gasteiger partial charge in [0.25, 0.3) is 0 Å². The first kappa shape index (κ1) is 16.8. The Morgan fingerprint density at radius 1 is 1.36 bits per heavy atom. The molecule has 22 heavy (non-hydrogen) atoms. The molecule has 0 radical (unpaired) electrons. The summed E-state index contributed by atoms with van der Waals surface area (Å²) >= 11 is 0. The number of aliphatic hydroxyl groups excluding tert-OH is 1. The number of hydrogen-bond acceptors (Lipinski definition) is 3. The van der Waals surface area contributed by atoms with Crippen LogP contribution in [0, 0.1) is 0 Å². The molecule has 0 saturated heterocycles. The highest BCUT2D eigenvalue weighted by atomic mass is 16.6.